The van der Waals surface area contributed by atoms with Crippen LogP contribution in [0.25, 0.3) is 0 Å². The van der Waals surface area contributed by atoms with Gasteiger partial charge in [-0.3, -0.25) is 13.9 Å². The normalized spacial score (nSPS) is 11.1. The van der Waals surface area contributed by atoms with Crippen LogP contribution in [0.4, 0.5) is 5.69 Å². The van der Waals surface area contributed by atoms with Crippen molar-refractivity contribution in [3.05, 3.63) is 95.0 Å². The van der Waals surface area contributed by atoms with Gasteiger partial charge in [0.15, 0.2) is 0 Å². The predicted molar refractivity (Wildman–Crippen MR) is 112 cm³/mol. The van der Waals surface area contributed by atoms with Crippen LogP contribution in [0.15, 0.2) is 83.8 Å². The van der Waals surface area contributed by atoms with Crippen LogP contribution in [0.1, 0.15) is 15.9 Å². The van der Waals surface area contributed by atoms with Gasteiger partial charge in [-0.25, -0.2) is 13.9 Å². The van der Waals surface area contributed by atoms with Crippen LogP contribution in [0.2, 0.25) is 5.02 Å². The second-order valence-corrected chi connectivity index (χ2v) is 8.59. The molecule has 3 aromatic rings. The fraction of sp³-hybridized carbons (Fsp3) is 0.0952. The van der Waals surface area contributed by atoms with E-state index < -0.39 is 15.9 Å². The van der Waals surface area contributed by atoms with E-state index in [1.54, 1.807) is 24.3 Å². The maximum absolute atomic E-state index is 12.9. The summed E-state index contributed by atoms with van der Waals surface area (Å²) in [5.74, 6) is -0.539. The number of nitrogens with zero attached hydrogens (tertiary/aromatic N) is 1. The minimum absolute atomic E-state index is 0.0179. The summed E-state index contributed by atoms with van der Waals surface area (Å²) in [6.45, 7) is 0.197. The Balaban J connectivity index is 1.73. The first-order chi connectivity index (χ1) is 13.9. The van der Waals surface area contributed by atoms with Crippen molar-refractivity contribution in [2.45, 2.75) is 11.5 Å². The SMILES string of the molecule is CN(c1cccc(Cl)c1)S(=O)(=O)c1cccc(C(=O)NOCc2ccccc2)c1. The lowest BCUT2D eigenvalue weighted by atomic mass is 10.2. The third-order valence-corrected chi connectivity index (χ3v) is 6.19. The molecule has 29 heavy (non-hydrogen) atoms. The van der Waals surface area contributed by atoms with Crippen LogP contribution in [-0.4, -0.2) is 21.4 Å². The minimum Gasteiger partial charge on any atom is -0.269 e. The molecule has 0 radical (unpaired) electrons. The Labute approximate surface area is 174 Å². The average Bonchev–Trinajstić information content (AvgIpc) is 2.74. The van der Waals surface area contributed by atoms with Gasteiger partial charge >= 0.3 is 0 Å². The molecule has 0 aliphatic rings. The van der Waals surface area contributed by atoms with Crippen molar-refractivity contribution in [3.8, 4) is 0 Å². The van der Waals surface area contributed by atoms with Crippen LogP contribution in [-0.2, 0) is 21.5 Å². The number of halogens is 1. The average molecular weight is 431 g/mol. The molecule has 0 unspecified atom stereocenters. The Morgan fingerprint density at radius 3 is 2.45 bits per heavy atom. The Morgan fingerprint density at radius 2 is 1.72 bits per heavy atom. The second kappa shape index (κ2) is 9.09. The lowest BCUT2D eigenvalue weighted by Gasteiger charge is -2.20. The molecule has 0 saturated carbocycles. The molecule has 3 rings (SSSR count). The first-order valence-electron chi connectivity index (χ1n) is 8.68. The summed E-state index contributed by atoms with van der Waals surface area (Å²) in [5.41, 5.74) is 3.81. The van der Waals surface area contributed by atoms with E-state index in [9.17, 15) is 13.2 Å². The number of carbonyl (C=O) groups excluding carboxylic acids is 1. The van der Waals surface area contributed by atoms with Gasteiger partial charge in [0.05, 0.1) is 17.2 Å². The van der Waals surface area contributed by atoms with Gasteiger partial charge < -0.3 is 0 Å². The van der Waals surface area contributed by atoms with Crippen LogP contribution in [0, 0.1) is 0 Å². The number of hydrogen-bond acceptors (Lipinski definition) is 4. The van der Waals surface area contributed by atoms with Crippen molar-refractivity contribution in [2.75, 3.05) is 11.4 Å². The van der Waals surface area contributed by atoms with Crippen molar-refractivity contribution < 1.29 is 18.0 Å². The highest BCUT2D eigenvalue weighted by molar-refractivity contribution is 7.92. The van der Waals surface area contributed by atoms with Crippen LogP contribution >= 0.6 is 11.6 Å². The Hall–Kier alpha value is -2.87. The highest BCUT2D eigenvalue weighted by atomic mass is 35.5. The van der Waals surface area contributed by atoms with Gasteiger partial charge in [0.25, 0.3) is 15.9 Å². The standard InChI is InChI=1S/C21H19ClN2O4S/c1-24(19-11-6-10-18(22)14-19)29(26,27)20-12-5-9-17(13-20)21(25)23-28-15-16-7-3-2-4-8-16/h2-14H,15H2,1H3,(H,23,25). The van der Waals surface area contributed by atoms with E-state index in [0.717, 1.165) is 9.87 Å². The fourth-order valence-electron chi connectivity index (χ4n) is 2.58. The molecule has 0 aliphatic heterocycles. The quantitative estimate of drug-likeness (QED) is 0.574. The van der Waals surface area contributed by atoms with Crippen molar-refractivity contribution >= 4 is 33.2 Å². The highest BCUT2D eigenvalue weighted by Gasteiger charge is 2.22. The van der Waals surface area contributed by atoms with E-state index >= 15 is 0 Å². The number of nitrogens with one attached hydrogen (secondary N) is 1. The van der Waals surface area contributed by atoms with Crippen molar-refractivity contribution in [1.29, 1.82) is 0 Å². The van der Waals surface area contributed by atoms with E-state index in [1.165, 1.54) is 31.3 Å². The zero-order valence-corrected chi connectivity index (χ0v) is 17.2. The molecule has 3 aromatic carbocycles. The van der Waals surface area contributed by atoms with Crippen molar-refractivity contribution in [3.63, 3.8) is 0 Å². The predicted octanol–water partition coefficient (Wildman–Crippen LogP) is 4.03. The molecule has 0 heterocycles. The van der Waals surface area contributed by atoms with Gasteiger partial charge in [-0.2, -0.15) is 0 Å². The number of hydroxylamine groups is 1. The molecule has 0 aliphatic carbocycles. The molecule has 0 aromatic heterocycles. The first kappa shape index (κ1) is 20.9. The lowest BCUT2D eigenvalue weighted by Crippen LogP contribution is -2.27. The van der Waals surface area contributed by atoms with Crippen LogP contribution in [0.3, 0.4) is 0 Å². The molecular weight excluding hydrogens is 412 g/mol. The molecule has 150 valence electrons. The third kappa shape index (κ3) is 5.14. The summed E-state index contributed by atoms with van der Waals surface area (Å²) in [4.78, 5) is 17.5. The fourth-order valence-corrected chi connectivity index (χ4v) is 4.00. The number of sulfonamides is 1. The van der Waals surface area contributed by atoms with Crippen LogP contribution < -0.4 is 9.79 Å². The molecule has 6 nitrogen and oxygen atoms in total. The first-order valence-corrected chi connectivity index (χ1v) is 10.5. The van der Waals surface area contributed by atoms with Crippen molar-refractivity contribution in [1.82, 2.24) is 5.48 Å². The number of carbonyl (C=O) groups is 1. The smallest absolute Gasteiger partial charge is 0.269 e. The zero-order chi connectivity index (χ0) is 20.9. The minimum atomic E-state index is -3.87. The Bertz CT molecular complexity index is 1100. The summed E-state index contributed by atoms with van der Waals surface area (Å²) < 4.78 is 27.0. The summed E-state index contributed by atoms with van der Waals surface area (Å²) in [6, 6.07) is 21.6. The number of benzene rings is 3. The van der Waals surface area contributed by atoms with Crippen molar-refractivity contribution in [2.24, 2.45) is 0 Å². The second-order valence-electron chi connectivity index (χ2n) is 6.19. The molecule has 0 atom stereocenters. The monoisotopic (exact) mass is 430 g/mol. The maximum Gasteiger partial charge on any atom is 0.274 e. The number of hydrogen-bond donors (Lipinski definition) is 1. The van der Waals surface area contributed by atoms with Gasteiger partial charge in [0.1, 0.15) is 0 Å². The molecular formula is C21H19ClN2O4S. The molecule has 8 heteroatoms. The summed E-state index contributed by atoms with van der Waals surface area (Å²) in [6.07, 6.45) is 0. The molecule has 0 saturated heterocycles. The van der Waals surface area contributed by atoms with Gasteiger partial charge in [-0.15, -0.1) is 0 Å². The van der Waals surface area contributed by atoms with E-state index in [4.69, 9.17) is 16.4 Å². The molecule has 1 amide bonds. The van der Waals surface area contributed by atoms with E-state index in [-0.39, 0.29) is 17.1 Å². The van der Waals surface area contributed by atoms with Crippen LogP contribution in [0.5, 0.6) is 0 Å². The summed E-state index contributed by atoms with van der Waals surface area (Å²) in [5, 5.41) is 0.424. The summed E-state index contributed by atoms with van der Waals surface area (Å²) >= 11 is 5.96. The van der Waals surface area contributed by atoms with Gasteiger partial charge in [-0.1, -0.05) is 54.1 Å². The van der Waals surface area contributed by atoms with E-state index in [2.05, 4.69) is 5.48 Å². The number of anilines is 1. The maximum atomic E-state index is 12.9. The number of rotatable bonds is 7. The van der Waals surface area contributed by atoms with Gasteiger partial charge in [-0.05, 0) is 42.0 Å². The van der Waals surface area contributed by atoms with Gasteiger partial charge in [0, 0.05) is 17.6 Å². The number of amides is 1. The third-order valence-electron chi connectivity index (χ3n) is 4.17. The van der Waals surface area contributed by atoms with E-state index in [1.807, 2.05) is 30.3 Å². The zero-order valence-electron chi connectivity index (χ0n) is 15.6. The molecule has 0 bridgehead atoms. The van der Waals surface area contributed by atoms with E-state index in [0.29, 0.717) is 10.7 Å². The topological polar surface area (TPSA) is 75.7 Å². The molecule has 0 spiro atoms. The summed E-state index contributed by atoms with van der Waals surface area (Å²) in [7, 11) is -2.45. The largest absolute Gasteiger partial charge is 0.274 e. The Morgan fingerprint density at radius 1 is 1.00 bits per heavy atom. The molecule has 0 fully saturated rings. The molecule has 1 N–H and O–H groups in total. The lowest BCUT2D eigenvalue weighted by molar-refractivity contribution is 0.0233. The van der Waals surface area contributed by atoms with Gasteiger partial charge in [0.2, 0.25) is 0 Å². The Kier molecular flexibility index (Phi) is 6.53. The highest BCUT2D eigenvalue weighted by Crippen LogP contribution is 2.25.